The minimum atomic E-state index is -0.455. The zero-order chi connectivity index (χ0) is 16.2. The molecule has 23 heavy (non-hydrogen) atoms. The quantitative estimate of drug-likeness (QED) is 0.334. The third-order valence-corrected chi connectivity index (χ3v) is 3.88. The predicted molar refractivity (Wildman–Crippen MR) is 86.7 cm³/mol. The SMILES string of the molecule is O=C(NN=Cc1ccc(O)c(O)c1)c1cc(-c2cccs2)[nH]n1. The number of hydrogen-bond acceptors (Lipinski definition) is 6. The van der Waals surface area contributed by atoms with Crippen LogP contribution in [0.25, 0.3) is 10.6 Å². The average molecular weight is 328 g/mol. The fraction of sp³-hybridized carbons (Fsp3) is 0. The van der Waals surface area contributed by atoms with Crippen molar-refractivity contribution in [3.8, 4) is 22.1 Å². The Morgan fingerprint density at radius 2 is 2.13 bits per heavy atom. The number of aromatic amines is 1. The van der Waals surface area contributed by atoms with Gasteiger partial charge in [0.05, 0.1) is 16.8 Å². The van der Waals surface area contributed by atoms with Gasteiger partial charge >= 0.3 is 0 Å². The molecule has 0 atom stereocenters. The Bertz CT molecular complexity index is 855. The summed E-state index contributed by atoms with van der Waals surface area (Å²) >= 11 is 1.54. The first-order valence-corrected chi connectivity index (χ1v) is 7.46. The zero-order valence-corrected chi connectivity index (χ0v) is 12.5. The lowest BCUT2D eigenvalue weighted by molar-refractivity contribution is 0.0950. The number of thiophene rings is 1. The van der Waals surface area contributed by atoms with E-state index in [1.165, 1.54) is 18.3 Å². The topological polar surface area (TPSA) is 111 Å². The highest BCUT2D eigenvalue weighted by Gasteiger charge is 2.11. The predicted octanol–water partition coefficient (Wildman–Crippen LogP) is 2.31. The highest BCUT2D eigenvalue weighted by molar-refractivity contribution is 7.13. The van der Waals surface area contributed by atoms with Gasteiger partial charge in [-0.2, -0.15) is 10.2 Å². The molecule has 0 aliphatic carbocycles. The van der Waals surface area contributed by atoms with Crippen LogP contribution in [0.3, 0.4) is 0 Å². The number of nitrogens with zero attached hydrogens (tertiary/aromatic N) is 2. The van der Waals surface area contributed by atoms with E-state index in [0.29, 0.717) is 5.56 Å². The summed E-state index contributed by atoms with van der Waals surface area (Å²) in [6.45, 7) is 0. The van der Waals surface area contributed by atoms with Crippen LogP contribution in [-0.4, -0.2) is 32.5 Å². The van der Waals surface area contributed by atoms with Gasteiger partial charge in [0.25, 0.3) is 5.91 Å². The Balaban J connectivity index is 1.65. The van der Waals surface area contributed by atoms with E-state index in [4.69, 9.17) is 0 Å². The smallest absolute Gasteiger partial charge is 0.291 e. The van der Waals surface area contributed by atoms with Crippen molar-refractivity contribution < 1.29 is 15.0 Å². The number of carbonyl (C=O) groups is 1. The first-order valence-electron chi connectivity index (χ1n) is 6.58. The fourth-order valence-corrected chi connectivity index (χ4v) is 2.53. The number of hydrazone groups is 1. The molecular weight excluding hydrogens is 316 g/mol. The summed E-state index contributed by atoms with van der Waals surface area (Å²) in [5.74, 6) is -0.930. The first kappa shape index (κ1) is 14.8. The van der Waals surface area contributed by atoms with E-state index in [0.717, 1.165) is 10.6 Å². The second-order valence-electron chi connectivity index (χ2n) is 4.59. The van der Waals surface area contributed by atoms with E-state index in [2.05, 4.69) is 20.7 Å². The van der Waals surface area contributed by atoms with E-state index >= 15 is 0 Å². The van der Waals surface area contributed by atoms with Gasteiger partial charge in [0.15, 0.2) is 17.2 Å². The van der Waals surface area contributed by atoms with Crippen LogP contribution >= 0.6 is 11.3 Å². The van der Waals surface area contributed by atoms with Crippen LogP contribution in [-0.2, 0) is 0 Å². The van der Waals surface area contributed by atoms with E-state index in [1.54, 1.807) is 23.5 Å². The molecule has 4 N–H and O–H groups in total. The van der Waals surface area contributed by atoms with E-state index in [-0.39, 0.29) is 17.2 Å². The molecule has 1 amide bonds. The van der Waals surface area contributed by atoms with Gasteiger partial charge in [0.1, 0.15) is 0 Å². The van der Waals surface area contributed by atoms with Crippen LogP contribution in [0.2, 0.25) is 0 Å². The molecule has 0 unspecified atom stereocenters. The number of benzene rings is 1. The van der Waals surface area contributed by atoms with Crippen LogP contribution in [0.5, 0.6) is 11.5 Å². The number of rotatable bonds is 4. The van der Waals surface area contributed by atoms with Gasteiger partial charge in [-0.3, -0.25) is 9.89 Å². The number of nitrogens with one attached hydrogen (secondary N) is 2. The van der Waals surface area contributed by atoms with Gasteiger partial charge < -0.3 is 10.2 Å². The van der Waals surface area contributed by atoms with E-state index in [1.807, 2.05) is 17.5 Å². The number of carbonyl (C=O) groups excluding carboxylic acids is 1. The number of amides is 1. The highest BCUT2D eigenvalue weighted by Crippen LogP contribution is 2.24. The monoisotopic (exact) mass is 328 g/mol. The van der Waals surface area contributed by atoms with Gasteiger partial charge in [-0.05, 0) is 41.3 Å². The van der Waals surface area contributed by atoms with E-state index < -0.39 is 5.91 Å². The summed E-state index contributed by atoms with van der Waals surface area (Å²) in [5, 5.41) is 31.1. The van der Waals surface area contributed by atoms with Gasteiger partial charge in [0, 0.05) is 0 Å². The molecular formula is C15H12N4O3S. The van der Waals surface area contributed by atoms with Crippen molar-refractivity contribution in [2.24, 2.45) is 5.10 Å². The Kier molecular flexibility index (Phi) is 4.07. The Hall–Kier alpha value is -3.13. The molecule has 0 fully saturated rings. The van der Waals surface area contributed by atoms with Gasteiger partial charge in [-0.15, -0.1) is 11.3 Å². The Labute approximate surface area is 134 Å². The summed E-state index contributed by atoms with van der Waals surface area (Å²) in [7, 11) is 0. The molecule has 0 aliphatic rings. The molecule has 3 aromatic rings. The molecule has 0 radical (unpaired) electrons. The molecule has 1 aromatic carbocycles. The number of phenolic OH excluding ortho intramolecular Hbond substituents is 2. The Morgan fingerprint density at radius 3 is 2.87 bits per heavy atom. The minimum Gasteiger partial charge on any atom is -0.504 e. The number of aromatic hydroxyl groups is 2. The van der Waals surface area contributed by atoms with Gasteiger partial charge in [-0.25, -0.2) is 5.43 Å². The van der Waals surface area contributed by atoms with Crippen molar-refractivity contribution in [1.82, 2.24) is 15.6 Å². The second kappa shape index (κ2) is 6.32. The number of phenols is 2. The maximum atomic E-state index is 11.9. The minimum absolute atomic E-state index is 0.219. The maximum Gasteiger partial charge on any atom is 0.291 e. The van der Waals surface area contributed by atoms with Crippen LogP contribution in [0.1, 0.15) is 16.1 Å². The second-order valence-corrected chi connectivity index (χ2v) is 5.54. The molecule has 2 heterocycles. The number of aromatic nitrogens is 2. The Morgan fingerprint density at radius 1 is 1.26 bits per heavy atom. The van der Waals surface area contributed by atoms with Crippen LogP contribution in [0.15, 0.2) is 46.9 Å². The van der Waals surface area contributed by atoms with Crippen molar-refractivity contribution in [2.45, 2.75) is 0 Å². The van der Waals surface area contributed by atoms with Crippen molar-refractivity contribution in [3.63, 3.8) is 0 Å². The molecule has 7 nitrogen and oxygen atoms in total. The number of H-pyrrole nitrogens is 1. The largest absolute Gasteiger partial charge is 0.504 e. The van der Waals surface area contributed by atoms with Crippen molar-refractivity contribution in [1.29, 1.82) is 0 Å². The molecule has 0 saturated carbocycles. The summed E-state index contributed by atoms with van der Waals surface area (Å²) < 4.78 is 0. The lowest BCUT2D eigenvalue weighted by Gasteiger charge is -1.98. The molecule has 0 bridgehead atoms. The van der Waals surface area contributed by atoms with Crippen LogP contribution in [0, 0.1) is 0 Å². The van der Waals surface area contributed by atoms with Gasteiger partial charge in [0.2, 0.25) is 0 Å². The molecule has 0 saturated heterocycles. The maximum absolute atomic E-state index is 11.9. The summed E-state index contributed by atoms with van der Waals surface area (Å²) in [6.07, 6.45) is 1.35. The van der Waals surface area contributed by atoms with E-state index in [9.17, 15) is 15.0 Å². The number of hydrogen-bond donors (Lipinski definition) is 4. The summed E-state index contributed by atoms with van der Waals surface area (Å²) in [4.78, 5) is 12.9. The zero-order valence-electron chi connectivity index (χ0n) is 11.7. The fourth-order valence-electron chi connectivity index (χ4n) is 1.84. The van der Waals surface area contributed by atoms with Crippen molar-refractivity contribution >= 4 is 23.5 Å². The third-order valence-electron chi connectivity index (χ3n) is 2.98. The molecule has 3 rings (SSSR count). The first-order chi connectivity index (χ1) is 11.1. The third kappa shape index (κ3) is 3.38. The van der Waals surface area contributed by atoms with Crippen molar-refractivity contribution in [2.75, 3.05) is 0 Å². The molecule has 8 heteroatoms. The molecule has 2 aromatic heterocycles. The van der Waals surface area contributed by atoms with Crippen molar-refractivity contribution in [3.05, 3.63) is 53.0 Å². The molecule has 0 spiro atoms. The highest BCUT2D eigenvalue weighted by atomic mass is 32.1. The molecule has 0 aliphatic heterocycles. The van der Waals surface area contributed by atoms with Crippen LogP contribution in [0.4, 0.5) is 0 Å². The standard InChI is InChI=1S/C15H12N4O3S/c20-12-4-3-9(6-13(12)21)8-16-19-15(22)11-7-10(17-18-11)14-2-1-5-23-14/h1-8,20-21H,(H,17,18)(H,19,22). The molecule has 116 valence electrons. The summed E-state index contributed by atoms with van der Waals surface area (Å²) in [6, 6.07) is 9.69. The average Bonchev–Trinajstić information content (AvgIpc) is 3.20. The van der Waals surface area contributed by atoms with Crippen LogP contribution < -0.4 is 5.43 Å². The van der Waals surface area contributed by atoms with Gasteiger partial charge in [-0.1, -0.05) is 6.07 Å². The lowest BCUT2D eigenvalue weighted by Crippen LogP contribution is -2.17. The normalized spacial score (nSPS) is 11.0. The summed E-state index contributed by atoms with van der Waals surface area (Å²) in [5.41, 5.74) is 3.86. The lowest BCUT2D eigenvalue weighted by atomic mass is 10.2.